The highest BCUT2D eigenvalue weighted by Gasteiger charge is 2.14. The molecular formula is C13H20N2O. The maximum absolute atomic E-state index is 11.8. The SMILES string of the molecule is CCC[C@H](N)C(=O)Nc1c(C)cccc1C. The van der Waals surface area contributed by atoms with Crippen LogP contribution < -0.4 is 11.1 Å². The molecule has 0 heterocycles. The van der Waals surface area contributed by atoms with E-state index in [1.54, 1.807) is 0 Å². The van der Waals surface area contributed by atoms with Gasteiger partial charge in [-0.25, -0.2) is 0 Å². The summed E-state index contributed by atoms with van der Waals surface area (Å²) in [6.45, 7) is 5.98. The second-order valence-electron chi connectivity index (χ2n) is 4.15. The molecule has 0 fully saturated rings. The van der Waals surface area contributed by atoms with Crippen molar-refractivity contribution in [2.24, 2.45) is 5.73 Å². The monoisotopic (exact) mass is 220 g/mol. The van der Waals surface area contributed by atoms with Crippen LogP contribution in [0, 0.1) is 13.8 Å². The number of nitrogens with two attached hydrogens (primary N) is 1. The van der Waals surface area contributed by atoms with Crippen LogP contribution in [0.15, 0.2) is 18.2 Å². The average Bonchev–Trinajstić information content (AvgIpc) is 2.23. The summed E-state index contributed by atoms with van der Waals surface area (Å²) < 4.78 is 0. The molecule has 0 bridgehead atoms. The van der Waals surface area contributed by atoms with Crippen molar-refractivity contribution in [2.75, 3.05) is 5.32 Å². The number of carbonyl (C=O) groups excluding carboxylic acids is 1. The summed E-state index contributed by atoms with van der Waals surface area (Å²) in [6, 6.07) is 5.53. The number of carbonyl (C=O) groups is 1. The summed E-state index contributed by atoms with van der Waals surface area (Å²) in [5.41, 5.74) is 8.79. The van der Waals surface area contributed by atoms with Gasteiger partial charge in [0.05, 0.1) is 6.04 Å². The van der Waals surface area contributed by atoms with E-state index in [1.165, 1.54) is 0 Å². The lowest BCUT2D eigenvalue weighted by molar-refractivity contribution is -0.117. The predicted octanol–water partition coefficient (Wildman–Crippen LogP) is 2.37. The van der Waals surface area contributed by atoms with E-state index >= 15 is 0 Å². The number of benzene rings is 1. The van der Waals surface area contributed by atoms with E-state index in [1.807, 2.05) is 39.0 Å². The number of anilines is 1. The molecule has 0 aliphatic heterocycles. The molecule has 0 saturated heterocycles. The van der Waals surface area contributed by atoms with Crippen LogP contribution in [0.4, 0.5) is 5.69 Å². The van der Waals surface area contributed by atoms with Crippen LogP contribution in [0.3, 0.4) is 0 Å². The summed E-state index contributed by atoms with van der Waals surface area (Å²) in [7, 11) is 0. The Morgan fingerprint density at radius 1 is 1.38 bits per heavy atom. The van der Waals surface area contributed by atoms with Gasteiger partial charge in [-0.2, -0.15) is 0 Å². The van der Waals surface area contributed by atoms with Crippen LogP contribution >= 0.6 is 0 Å². The minimum Gasteiger partial charge on any atom is -0.324 e. The molecule has 1 atom stereocenters. The van der Waals surface area contributed by atoms with Crippen molar-refractivity contribution in [2.45, 2.75) is 39.7 Å². The van der Waals surface area contributed by atoms with E-state index < -0.39 is 6.04 Å². The molecule has 0 aliphatic rings. The number of rotatable bonds is 4. The molecule has 1 aromatic rings. The summed E-state index contributed by atoms with van der Waals surface area (Å²) in [5, 5.41) is 2.90. The van der Waals surface area contributed by atoms with Gasteiger partial charge in [0.2, 0.25) is 5.91 Å². The molecule has 0 radical (unpaired) electrons. The first-order chi connectivity index (χ1) is 7.56. The normalized spacial score (nSPS) is 12.2. The smallest absolute Gasteiger partial charge is 0.241 e. The van der Waals surface area contributed by atoms with Crippen molar-refractivity contribution in [3.05, 3.63) is 29.3 Å². The zero-order chi connectivity index (χ0) is 12.1. The number of nitrogens with one attached hydrogen (secondary N) is 1. The number of amides is 1. The standard InChI is InChI=1S/C13H20N2O/c1-4-6-11(14)13(16)15-12-9(2)7-5-8-10(12)3/h5,7-8,11H,4,6,14H2,1-3H3,(H,15,16)/t11-/m0/s1. The molecule has 3 nitrogen and oxygen atoms in total. The Kier molecular flexibility index (Phi) is 4.50. The summed E-state index contributed by atoms with van der Waals surface area (Å²) in [5.74, 6) is -0.0979. The Bertz CT molecular complexity index is 354. The molecule has 1 rings (SSSR count). The van der Waals surface area contributed by atoms with E-state index in [0.717, 1.165) is 29.7 Å². The summed E-state index contributed by atoms with van der Waals surface area (Å²) in [6.07, 6.45) is 1.64. The molecule has 3 heteroatoms. The first-order valence-electron chi connectivity index (χ1n) is 5.69. The molecular weight excluding hydrogens is 200 g/mol. The second kappa shape index (κ2) is 5.66. The second-order valence-corrected chi connectivity index (χ2v) is 4.15. The molecule has 0 aliphatic carbocycles. The van der Waals surface area contributed by atoms with Crippen molar-refractivity contribution in [3.8, 4) is 0 Å². The molecule has 0 spiro atoms. The third kappa shape index (κ3) is 3.07. The summed E-state index contributed by atoms with van der Waals surface area (Å²) in [4.78, 5) is 11.8. The van der Waals surface area contributed by atoms with Gasteiger partial charge in [-0.1, -0.05) is 31.5 Å². The van der Waals surface area contributed by atoms with Crippen LogP contribution in [0.25, 0.3) is 0 Å². The van der Waals surface area contributed by atoms with Gasteiger partial charge < -0.3 is 11.1 Å². The van der Waals surface area contributed by atoms with E-state index in [2.05, 4.69) is 5.32 Å². The van der Waals surface area contributed by atoms with Crippen molar-refractivity contribution in [1.29, 1.82) is 0 Å². The van der Waals surface area contributed by atoms with E-state index in [-0.39, 0.29) is 5.91 Å². The topological polar surface area (TPSA) is 55.1 Å². The molecule has 88 valence electrons. The highest BCUT2D eigenvalue weighted by atomic mass is 16.2. The molecule has 0 unspecified atom stereocenters. The summed E-state index contributed by atoms with van der Waals surface area (Å²) >= 11 is 0. The first kappa shape index (κ1) is 12.7. The van der Waals surface area contributed by atoms with Crippen LogP contribution in [0.1, 0.15) is 30.9 Å². The molecule has 1 aromatic carbocycles. The van der Waals surface area contributed by atoms with Crippen molar-refractivity contribution < 1.29 is 4.79 Å². The molecule has 1 amide bonds. The van der Waals surface area contributed by atoms with Gasteiger partial charge >= 0.3 is 0 Å². The fraction of sp³-hybridized carbons (Fsp3) is 0.462. The number of para-hydroxylation sites is 1. The van der Waals surface area contributed by atoms with E-state index in [4.69, 9.17) is 5.73 Å². The third-order valence-electron chi connectivity index (χ3n) is 2.67. The minimum atomic E-state index is -0.413. The molecule has 3 N–H and O–H groups in total. The van der Waals surface area contributed by atoms with Crippen LogP contribution in [-0.4, -0.2) is 11.9 Å². The van der Waals surface area contributed by atoms with Gasteiger partial charge in [-0.3, -0.25) is 4.79 Å². The maximum atomic E-state index is 11.8. The van der Waals surface area contributed by atoms with Crippen LogP contribution in [-0.2, 0) is 4.79 Å². The van der Waals surface area contributed by atoms with Crippen molar-refractivity contribution in [3.63, 3.8) is 0 Å². The number of aryl methyl sites for hydroxylation is 2. The quantitative estimate of drug-likeness (QED) is 0.818. The lowest BCUT2D eigenvalue weighted by atomic mass is 10.1. The Hall–Kier alpha value is -1.35. The van der Waals surface area contributed by atoms with Gasteiger partial charge in [0.25, 0.3) is 0 Å². The third-order valence-corrected chi connectivity index (χ3v) is 2.67. The fourth-order valence-corrected chi connectivity index (χ4v) is 1.67. The van der Waals surface area contributed by atoms with Crippen LogP contribution in [0.2, 0.25) is 0 Å². The van der Waals surface area contributed by atoms with Gasteiger partial charge in [0.15, 0.2) is 0 Å². The zero-order valence-corrected chi connectivity index (χ0v) is 10.2. The lowest BCUT2D eigenvalue weighted by Crippen LogP contribution is -2.35. The zero-order valence-electron chi connectivity index (χ0n) is 10.2. The van der Waals surface area contributed by atoms with Gasteiger partial charge in [-0.15, -0.1) is 0 Å². The Morgan fingerprint density at radius 2 is 1.94 bits per heavy atom. The van der Waals surface area contributed by atoms with Gasteiger partial charge in [0.1, 0.15) is 0 Å². The van der Waals surface area contributed by atoms with E-state index in [0.29, 0.717) is 0 Å². The highest BCUT2D eigenvalue weighted by molar-refractivity contribution is 5.95. The van der Waals surface area contributed by atoms with Crippen molar-refractivity contribution in [1.82, 2.24) is 0 Å². The number of hydrogen-bond donors (Lipinski definition) is 2. The predicted molar refractivity (Wildman–Crippen MR) is 67.4 cm³/mol. The Labute approximate surface area is 97.0 Å². The van der Waals surface area contributed by atoms with Gasteiger partial charge in [-0.05, 0) is 31.4 Å². The lowest BCUT2D eigenvalue weighted by Gasteiger charge is -2.14. The molecule has 16 heavy (non-hydrogen) atoms. The van der Waals surface area contributed by atoms with Crippen LogP contribution in [0.5, 0.6) is 0 Å². The average molecular weight is 220 g/mol. The molecule has 0 aromatic heterocycles. The Balaban J connectivity index is 2.77. The Morgan fingerprint density at radius 3 is 2.44 bits per heavy atom. The van der Waals surface area contributed by atoms with Crippen molar-refractivity contribution >= 4 is 11.6 Å². The highest BCUT2D eigenvalue weighted by Crippen LogP contribution is 2.19. The molecule has 0 saturated carbocycles. The first-order valence-corrected chi connectivity index (χ1v) is 5.69. The minimum absolute atomic E-state index is 0.0979. The number of hydrogen-bond acceptors (Lipinski definition) is 2. The fourth-order valence-electron chi connectivity index (χ4n) is 1.67. The largest absolute Gasteiger partial charge is 0.324 e. The van der Waals surface area contributed by atoms with E-state index in [9.17, 15) is 4.79 Å². The van der Waals surface area contributed by atoms with Gasteiger partial charge in [0, 0.05) is 5.69 Å². The maximum Gasteiger partial charge on any atom is 0.241 e.